The Bertz CT molecular complexity index is 1450. The average molecular weight is 1220 g/mol. The highest BCUT2D eigenvalue weighted by Crippen LogP contribution is 2.19. The van der Waals surface area contributed by atoms with Crippen molar-refractivity contribution in [2.75, 3.05) is 13.2 Å². The van der Waals surface area contributed by atoms with Gasteiger partial charge in [-0.15, -0.1) is 0 Å². The zero-order valence-electron chi connectivity index (χ0n) is 58.8. The second-order valence-electron chi connectivity index (χ2n) is 27.0. The zero-order chi connectivity index (χ0) is 62.8. The van der Waals surface area contributed by atoms with Crippen molar-refractivity contribution in [3.05, 3.63) is 48.6 Å². The fourth-order valence-corrected chi connectivity index (χ4v) is 12.4. The van der Waals surface area contributed by atoms with Crippen molar-refractivity contribution in [1.29, 1.82) is 0 Å². The van der Waals surface area contributed by atoms with E-state index in [0.29, 0.717) is 25.9 Å². The highest BCUT2D eigenvalue weighted by molar-refractivity contribution is 5.76. The lowest BCUT2D eigenvalue weighted by molar-refractivity contribution is -0.143. The van der Waals surface area contributed by atoms with Gasteiger partial charge >= 0.3 is 5.97 Å². The molecule has 0 saturated heterocycles. The summed E-state index contributed by atoms with van der Waals surface area (Å²) in [6, 6.07) is -0.540. The number of allylic oxidation sites excluding steroid dienone is 8. The van der Waals surface area contributed by atoms with Crippen LogP contribution in [0.25, 0.3) is 0 Å². The topological polar surface area (TPSA) is 95.9 Å². The fraction of sp³-hybridized carbons (Fsp3) is 0.877. The first kappa shape index (κ1) is 84.8. The van der Waals surface area contributed by atoms with Crippen molar-refractivity contribution in [3.8, 4) is 0 Å². The molecule has 0 heterocycles. The number of hydrogen-bond acceptors (Lipinski definition) is 5. The van der Waals surface area contributed by atoms with Gasteiger partial charge in [0.1, 0.15) is 0 Å². The highest BCUT2D eigenvalue weighted by atomic mass is 16.5. The Labute approximate surface area is 544 Å². The van der Waals surface area contributed by atoms with E-state index in [1.54, 1.807) is 0 Å². The molecule has 2 unspecified atom stereocenters. The maximum absolute atomic E-state index is 12.5. The number of rotatable bonds is 74. The lowest BCUT2D eigenvalue weighted by Gasteiger charge is -2.22. The molecule has 6 nitrogen and oxygen atoms in total. The van der Waals surface area contributed by atoms with Gasteiger partial charge in [-0.3, -0.25) is 9.59 Å². The van der Waals surface area contributed by atoms with Crippen LogP contribution in [0.15, 0.2) is 48.6 Å². The fourth-order valence-electron chi connectivity index (χ4n) is 12.4. The van der Waals surface area contributed by atoms with Crippen molar-refractivity contribution < 1.29 is 24.5 Å². The van der Waals surface area contributed by atoms with E-state index in [1.807, 2.05) is 0 Å². The molecule has 0 bridgehead atoms. The molecule has 0 aliphatic carbocycles. The van der Waals surface area contributed by atoms with Crippen molar-refractivity contribution in [2.45, 2.75) is 443 Å². The van der Waals surface area contributed by atoms with E-state index in [4.69, 9.17) is 4.74 Å². The first-order valence-corrected chi connectivity index (χ1v) is 39.4. The summed E-state index contributed by atoms with van der Waals surface area (Å²) in [5.74, 6) is -0.0160. The number of carbonyl (C=O) groups is 2. The van der Waals surface area contributed by atoms with Crippen molar-refractivity contribution in [1.82, 2.24) is 5.32 Å². The summed E-state index contributed by atoms with van der Waals surface area (Å²) in [6.07, 6.45) is 101. The van der Waals surface area contributed by atoms with Crippen LogP contribution in [-0.2, 0) is 14.3 Å². The molecule has 0 rings (SSSR count). The van der Waals surface area contributed by atoms with Crippen LogP contribution in [0.3, 0.4) is 0 Å². The van der Waals surface area contributed by atoms with E-state index in [-0.39, 0.29) is 18.5 Å². The summed E-state index contributed by atoms with van der Waals surface area (Å²) in [7, 11) is 0. The predicted molar refractivity (Wildman–Crippen MR) is 384 cm³/mol. The SMILES string of the molecule is CCCCC/C=C\C/C=C\CCCCCCCCCCCC(=O)OCCCCCCCCCCCCC/C=C\C/C=C\CCCCCCCCCCCCCCCCCCCC(=O)NC(CO)C(O)CCCCCCCCCCCCCCCCCC. The van der Waals surface area contributed by atoms with Gasteiger partial charge in [-0.1, -0.05) is 377 Å². The van der Waals surface area contributed by atoms with Crippen LogP contribution in [0, 0.1) is 0 Å². The molecule has 0 spiro atoms. The Hall–Kier alpha value is -2.18. The molecular weight excluding hydrogens is 1070 g/mol. The van der Waals surface area contributed by atoms with Crippen LogP contribution in [0.2, 0.25) is 0 Å². The van der Waals surface area contributed by atoms with Gasteiger partial charge in [0.05, 0.1) is 25.4 Å². The summed E-state index contributed by atoms with van der Waals surface area (Å²) in [5, 5.41) is 23.4. The van der Waals surface area contributed by atoms with E-state index >= 15 is 0 Å². The van der Waals surface area contributed by atoms with Gasteiger partial charge in [0.2, 0.25) is 5.91 Å². The van der Waals surface area contributed by atoms with Gasteiger partial charge in [0, 0.05) is 12.8 Å². The number of carbonyl (C=O) groups excluding carboxylic acids is 2. The van der Waals surface area contributed by atoms with E-state index in [2.05, 4.69) is 67.8 Å². The van der Waals surface area contributed by atoms with Crippen LogP contribution in [0.4, 0.5) is 0 Å². The average Bonchev–Trinajstić information content (AvgIpc) is 3.53. The molecule has 0 radical (unpaired) electrons. The third kappa shape index (κ3) is 72.8. The molecule has 512 valence electrons. The van der Waals surface area contributed by atoms with Crippen molar-refractivity contribution in [3.63, 3.8) is 0 Å². The third-order valence-corrected chi connectivity index (χ3v) is 18.4. The minimum atomic E-state index is -0.663. The van der Waals surface area contributed by atoms with Crippen LogP contribution >= 0.6 is 0 Å². The number of nitrogens with one attached hydrogen (secondary N) is 1. The maximum Gasteiger partial charge on any atom is 0.305 e. The van der Waals surface area contributed by atoms with E-state index in [0.717, 1.165) is 57.8 Å². The Morgan fingerprint density at radius 2 is 0.575 bits per heavy atom. The molecule has 0 fully saturated rings. The molecule has 1 amide bonds. The smallest absolute Gasteiger partial charge is 0.305 e. The molecule has 6 heteroatoms. The molecule has 87 heavy (non-hydrogen) atoms. The Morgan fingerprint density at radius 3 is 0.897 bits per heavy atom. The normalized spacial score (nSPS) is 12.7. The summed E-state index contributed by atoms with van der Waals surface area (Å²) in [5.41, 5.74) is 0. The molecule has 0 aliphatic heterocycles. The number of amides is 1. The summed E-state index contributed by atoms with van der Waals surface area (Å²) in [4.78, 5) is 24.7. The number of esters is 1. The highest BCUT2D eigenvalue weighted by Gasteiger charge is 2.20. The summed E-state index contributed by atoms with van der Waals surface area (Å²) in [6.45, 7) is 4.96. The van der Waals surface area contributed by atoms with Gasteiger partial charge in [-0.05, 0) is 89.9 Å². The number of ether oxygens (including phenoxy) is 1. The minimum absolute atomic E-state index is 0.0134. The van der Waals surface area contributed by atoms with Gasteiger partial charge in [-0.2, -0.15) is 0 Å². The quantitative estimate of drug-likeness (QED) is 0.0320. The number of unbranched alkanes of at least 4 members (excludes halogenated alkanes) is 55. The van der Waals surface area contributed by atoms with Gasteiger partial charge in [-0.25, -0.2) is 0 Å². The Morgan fingerprint density at radius 1 is 0.322 bits per heavy atom. The Balaban J connectivity index is 3.36. The van der Waals surface area contributed by atoms with Gasteiger partial charge in [0.25, 0.3) is 0 Å². The van der Waals surface area contributed by atoms with Crippen LogP contribution < -0.4 is 5.32 Å². The summed E-state index contributed by atoms with van der Waals surface area (Å²) >= 11 is 0. The van der Waals surface area contributed by atoms with Crippen LogP contribution in [0.1, 0.15) is 431 Å². The molecule has 2 atom stereocenters. The molecule has 0 aromatic heterocycles. The van der Waals surface area contributed by atoms with Crippen molar-refractivity contribution in [2.24, 2.45) is 0 Å². The van der Waals surface area contributed by atoms with E-state index < -0.39 is 12.1 Å². The lowest BCUT2D eigenvalue weighted by atomic mass is 10.0. The number of aliphatic hydroxyl groups excluding tert-OH is 2. The molecule has 0 aliphatic rings. The largest absolute Gasteiger partial charge is 0.466 e. The van der Waals surface area contributed by atoms with E-state index in [1.165, 1.54) is 340 Å². The Kier molecular flexibility index (Phi) is 74.4. The molecule has 3 N–H and O–H groups in total. The molecule has 0 aromatic carbocycles. The minimum Gasteiger partial charge on any atom is -0.466 e. The maximum atomic E-state index is 12.5. The molecular formula is C81H153NO5. The second-order valence-corrected chi connectivity index (χ2v) is 27.0. The van der Waals surface area contributed by atoms with Gasteiger partial charge in [0.15, 0.2) is 0 Å². The second kappa shape index (κ2) is 76.3. The molecule has 0 aromatic rings. The third-order valence-electron chi connectivity index (χ3n) is 18.4. The van der Waals surface area contributed by atoms with Crippen molar-refractivity contribution >= 4 is 11.9 Å². The van der Waals surface area contributed by atoms with Gasteiger partial charge < -0.3 is 20.3 Å². The predicted octanol–water partition coefficient (Wildman–Crippen LogP) is 26.0. The monoisotopic (exact) mass is 1220 g/mol. The number of hydrogen-bond donors (Lipinski definition) is 3. The first-order valence-electron chi connectivity index (χ1n) is 39.4. The van der Waals surface area contributed by atoms with E-state index in [9.17, 15) is 19.8 Å². The first-order chi connectivity index (χ1) is 43.0. The number of aliphatic hydroxyl groups is 2. The standard InChI is InChI=1S/C81H153NO5/c1-3-5-7-9-11-13-15-17-19-21-39-43-47-51-55-59-63-67-71-75-81(86)87-76-72-68-64-60-56-52-48-44-41-38-36-34-32-30-28-26-24-22-23-25-27-29-31-33-35-37-40-42-46-50-54-58-62-66-70-74-80(85)82-78(77-83)79(84)73-69-65-61-57-53-49-45-20-18-16-14-12-10-8-6-4-2/h11,13,17,19,24,26,30,32,78-79,83-84H,3-10,12,14-16,18,20-23,25,27-29,31,33-77H2,1-2H3,(H,82,85)/b13-11-,19-17-,26-24-,32-30-. The molecule has 0 saturated carbocycles. The van der Waals surface area contributed by atoms with Crippen LogP contribution in [-0.4, -0.2) is 47.4 Å². The lowest BCUT2D eigenvalue weighted by Crippen LogP contribution is -2.45. The summed E-state index contributed by atoms with van der Waals surface area (Å²) < 4.78 is 5.51. The van der Waals surface area contributed by atoms with Crippen LogP contribution in [0.5, 0.6) is 0 Å². The zero-order valence-corrected chi connectivity index (χ0v) is 58.8.